The highest BCUT2D eigenvalue weighted by molar-refractivity contribution is 5.77. The molecule has 0 radical (unpaired) electrons. The summed E-state index contributed by atoms with van der Waals surface area (Å²) in [6.45, 7) is 1.56. The van der Waals surface area contributed by atoms with Crippen LogP contribution in [0.15, 0.2) is 53.3 Å². The van der Waals surface area contributed by atoms with Gasteiger partial charge in [0, 0.05) is 37.3 Å². The van der Waals surface area contributed by atoms with E-state index in [1.807, 2.05) is 52.2 Å². The second-order valence-electron chi connectivity index (χ2n) is 6.49. The number of carbonyl (C=O) groups excluding carboxylic acids is 1. The third-order valence-corrected chi connectivity index (χ3v) is 4.71. The molecule has 0 saturated carbocycles. The molecule has 0 N–H and O–H groups in total. The largest absolute Gasteiger partial charge is 0.339 e. The molecule has 1 amide bonds. The summed E-state index contributed by atoms with van der Waals surface area (Å²) in [5, 5.41) is 8.25. The lowest BCUT2D eigenvalue weighted by atomic mass is 10.2. The monoisotopic (exact) mass is 351 g/mol. The first kappa shape index (κ1) is 16.5. The van der Waals surface area contributed by atoms with Crippen molar-refractivity contribution in [2.75, 3.05) is 6.54 Å². The van der Waals surface area contributed by atoms with E-state index >= 15 is 0 Å². The maximum absolute atomic E-state index is 12.6. The highest BCUT2D eigenvalue weighted by atomic mass is 16.5. The van der Waals surface area contributed by atoms with Crippen LogP contribution in [-0.4, -0.2) is 43.3 Å². The molecule has 1 saturated heterocycles. The minimum atomic E-state index is 0.138. The van der Waals surface area contributed by atoms with Crippen molar-refractivity contribution in [3.8, 4) is 11.4 Å². The fourth-order valence-corrected chi connectivity index (χ4v) is 3.40. The average molecular weight is 351 g/mol. The van der Waals surface area contributed by atoms with Crippen LogP contribution < -0.4 is 0 Å². The highest BCUT2D eigenvalue weighted by Crippen LogP contribution is 2.21. The first-order chi connectivity index (χ1) is 12.8. The molecule has 1 aliphatic rings. The normalized spacial score (nSPS) is 16.9. The van der Waals surface area contributed by atoms with Crippen LogP contribution in [-0.2, 0) is 17.8 Å². The van der Waals surface area contributed by atoms with Crippen LogP contribution >= 0.6 is 0 Å². The minimum Gasteiger partial charge on any atom is -0.339 e. The van der Waals surface area contributed by atoms with E-state index in [2.05, 4.69) is 15.2 Å². The summed E-state index contributed by atoms with van der Waals surface area (Å²) in [7, 11) is 0. The molecule has 1 atom stereocenters. The molecule has 0 bridgehead atoms. The lowest BCUT2D eigenvalue weighted by Crippen LogP contribution is -2.38. The van der Waals surface area contributed by atoms with Crippen LogP contribution in [0.25, 0.3) is 11.4 Å². The van der Waals surface area contributed by atoms with Crippen LogP contribution in [0.2, 0.25) is 0 Å². The van der Waals surface area contributed by atoms with Crippen molar-refractivity contribution in [1.82, 2.24) is 24.8 Å². The first-order valence-electron chi connectivity index (χ1n) is 8.94. The Balaban J connectivity index is 1.34. The standard InChI is InChI=1S/C19H21N5O2/c25-18(24-13-4-8-16(24)14-23-12-5-11-20-23)10-9-17-21-19(22-26-17)15-6-2-1-3-7-15/h1-3,5-7,11-12,16H,4,8-10,13-14H2. The summed E-state index contributed by atoms with van der Waals surface area (Å²) in [5.74, 6) is 1.20. The Bertz CT molecular complexity index is 844. The van der Waals surface area contributed by atoms with E-state index in [-0.39, 0.29) is 11.9 Å². The molecule has 2 aromatic heterocycles. The van der Waals surface area contributed by atoms with Gasteiger partial charge in [-0.25, -0.2) is 0 Å². The number of benzene rings is 1. The van der Waals surface area contributed by atoms with Crippen LogP contribution in [0.5, 0.6) is 0 Å². The van der Waals surface area contributed by atoms with Gasteiger partial charge in [0.05, 0.1) is 12.6 Å². The summed E-state index contributed by atoms with van der Waals surface area (Å²) in [4.78, 5) is 19.0. The van der Waals surface area contributed by atoms with Crippen molar-refractivity contribution in [1.29, 1.82) is 0 Å². The third-order valence-electron chi connectivity index (χ3n) is 4.71. The van der Waals surface area contributed by atoms with Crippen molar-refractivity contribution in [2.24, 2.45) is 0 Å². The molecule has 0 aliphatic carbocycles. The number of aryl methyl sites for hydroxylation is 1. The Morgan fingerprint density at radius 3 is 2.92 bits per heavy atom. The number of likely N-dealkylation sites (tertiary alicyclic amines) is 1. The zero-order chi connectivity index (χ0) is 17.8. The average Bonchev–Trinajstić information content (AvgIpc) is 3.43. The first-order valence-corrected chi connectivity index (χ1v) is 8.94. The number of hydrogen-bond acceptors (Lipinski definition) is 5. The van der Waals surface area contributed by atoms with Gasteiger partial charge < -0.3 is 9.42 Å². The van der Waals surface area contributed by atoms with Crippen molar-refractivity contribution >= 4 is 5.91 Å². The summed E-state index contributed by atoms with van der Waals surface area (Å²) in [6.07, 6.45) is 6.60. The second kappa shape index (κ2) is 7.51. The van der Waals surface area contributed by atoms with E-state index in [0.29, 0.717) is 24.6 Å². The lowest BCUT2D eigenvalue weighted by Gasteiger charge is -2.24. The maximum Gasteiger partial charge on any atom is 0.227 e. The van der Waals surface area contributed by atoms with E-state index in [1.165, 1.54) is 0 Å². The molecule has 1 aromatic carbocycles. The minimum absolute atomic E-state index is 0.138. The predicted molar refractivity (Wildman–Crippen MR) is 95.0 cm³/mol. The molecule has 3 aromatic rings. The summed E-state index contributed by atoms with van der Waals surface area (Å²) >= 11 is 0. The zero-order valence-electron chi connectivity index (χ0n) is 14.5. The van der Waals surface area contributed by atoms with Gasteiger partial charge in [-0.05, 0) is 18.9 Å². The molecular weight excluding hydrogens is 330 g/mol. The molecule has 0 spiro atoms. The summed E-state index contributed by atoms with van der Waals surface area (Å²) in [6, 6.07) is 11.8. The fourth-order valence-electron chi connectivity index (χ4n) is 3.40. The van der Waals surface area contributed by atoms with Crippen molar-refractivity contribution in [2.45, 2.75) is 38.3 Å². The summed E-state index contributed by atoms with van der Waals surface area (Å²) in [5.41, 5.74) is 0.910. The van der Waals surface area contributed by atoms with Gasteiger partial charge in [0.2, 0.25) is 17.6 Å². The molecule has 1 unspecified atom stereocenters. The number of hydrogen-bond donors (Lipinski definition) is 0. The Morgan fingerprint density at radius 2 is 2.12 bits per heavy atom. The number of nitrogens with zero attached hydrogens (tertiary/aromatic N) is 5. The fraction of sp³-hybridized carbons (Fsp3) is 0.368. The lowest BCUT2D eigenvalue weighted by molar-refractivity contribution is -0.132. The van der Waals surface area contributed by atoms with Gasteiger partial charge in [0.1, 0.15) is 0 Å². The predicted octanol–water partition coefficient (Wildman–Crippen LogP) is 2.56. The molecule has 3 heterocycles. The van der Waals surface area contributed by atoms with Crippen LogP contribution in [0.4, 0.5) is 0 Å². The van der Waals surface area contributed by atoms with Gasteiger partial charge in [0.25, 0.3) is 0 Å². The SMILES string of the molecule is O=C(CCc1nc(-c2ccccc2)no1)N1CCCC1Cn1cccn1. The van der Waals surface area contributed by atoms with Crippen molar-refractivity contribution in [3.05, 3.63) is 54.7 Å². The van der Waals surface area contributed by atoms with E-state index in [9.17, 15) is 4.79 Å². The Hall–Kier alpha value is -2.96. The number of carbonyl (C=O) groups is 1. The van der Waals surface area contributed by atoms with Gasteiger partial charge in [-0.15, -0.1) is 0 Å². The highest BCUT2D eigenvalue weighted by Gasteiger charge is 2.29. The summed E-state index contributed by atoms with van der Waals surface area (Å²) < 4.78 is 7.19. The second-order valence-corrected chi connectivity index (χ2v) is 6.49. The van der Waals surface area contributed by atoms with E-state index in [4.69, 9.17) is 4.52 Å². The van der Waals surface area contributed by atoms with Crippen LogP contribution in [0, 0.1) is 0 Å². The van der Waals surface area contributed by atoms with E-state index < -0.39 is 0 Å². The van der Waals surface area contributed by atoms with Gasteiger partial charge in [-0.3, -0.25) is 9.48 Å². The topological polar surface area (TPSA) is 77.0 Å². The number of rotatable bonds is 6. The Labute approximate surface area is 151 Å². The smallest absolute Gasteiger partial charge is 0.227 e. The van der Waals surface area contributed by atoms with Crippen LogP contribution in [0.1, 0.15) is 25.2 Å². The van der Waals surface area contributed by atoms with Gasteiger partial charge in [0.15, 0.2) is 0 Å². The molecule has 1 fully saturated rings. The maximum atomic E-state index is 12.6. The molecule has 134 valence electrons. The Morgan fingerprint density at radius 1 is 1.23 bits per heavy atom. The number of aromatic nitrogens is 4. The molecular formula is C19H21N5O2. The van der Waals surface area contributed by atoms with E-state index in [0.717, 1.165) is 31.5 Å². The van der Waals surface area contributed by atoms with Gasteiger partial charge >= 0.3 is 0 Å². The van der Waals surface area contributed by atoms with Crippen LogP contribution in [0.3, 0.4) is 0 Å². The van der Waals surface area contributed by atoms with Gasteiger partial charge in [-0.1, -0.05) is 35.5 Å². The molecule has 1 aliphatic heterocycles. The quantitative estimate of drug-likeness (QED) is 0.682. The molecule has 7 heteroatoms. The van der Waals surface area contributed by atoms with Gasteiger partial charge in [-0.2, -0.15) is 10.1 Å². The zero-order valence-corrected chi connectivity index (χ0v) is 14.5. The number of amides is 1. The molecule has 26 heavy (non-hydrogen) atoms. The molecule has 4 rings (SSSR count). The molecule has 7 nitrogen and oxygen atoms in total. The van der Waals surface area contributed by atoms with Crippen molar-refractivity contribution < 1.29 is 9.32 Å². The third kappa shape index (κ3) is 3.66. The van der Waals surface area contributed by atoms with Crippen molar-refractivity contribution in [3.63, 3.8) is 0 Å². The van der Waals surface area contributed by atoms with E-state index in [1.54, 1.807) is 6.20 Å². The Kier molecular flexibility index (Phi) is 4.77.